The standard InChI is InChI=1S/C21H22O3/c1-2-3-13-21(15-19(22)14-20(23)24-21)18-11-9-17(10-12-18)16-7-5-4-6-8-16/h4-12,14,22H,2-3,13,15H2,1H3. The molecule has 3 nitrogen and oxygen atoms in total. The van der Waals surface area contributed by atoms with Crippen molar-refractivity contribution in [1.82, 2.24) is 0 Å². The van der Waals surface area contributed by atoms with Gasteiger partial charge >= 0.3 is 5.97 Å². The minimum atomic E-state index is -0.763. The van der Waals surface area contributed by atoms with E-state index in [1.54, 1.807) is 0 Å². The summed E-state index contributed by atoms with van der Waals surface area (Å²) in [6.45, 7) is 2.10. The normalized spacial score (nSPS) is 20.4. The van der Waals surface area contributed by atoms with Gasteiger partial charge in [-0.3, -0.25) is 0 Å². The Kier molecular flexibility index (Phi) is 4.70. The van der Waals surface area contributed by atoms with Crippen LogP contribution in [0.25, 0.3) is 11.1 Å². The van der Waals surface area contributed by atoms with Crippen molar-refractivity contribution in [2.75, 3.05) is 0 Å². The van der Waals surface area contributed by atoms with E-state index >= 15 is 0 Å². The first-order chi connectivity index (χ1) is 11.6. The number of benzene rings is 2. The summed E-state index contributed by atoms with van der Waals surface area (Å²) in [4.78, 5) is 11.9. The Hall–Kier alpha value is -2.55. The second kappa shape index (κ2) is 6.91. The minimum absolute atomic E-state index is 0.0921. The summed E-state index contributed by atoms with van der Waals surface area (Å²) in [7, 11) is 0. The Morgan fingerprint density at radius 3 is 2.33 bits per heavy atom. The van der Waals surface area contributed by atoms with Gasteiger partial charge in [-0.05, 0) is 29.5 Å². The Labute approximate surface area is 142 Å². The summed E-state index contributed by atoms with van der Waals surface area (Å²) < 4.78 is 5.70. The first-order valence-corrected chi connectivity index (χ1v) is 8.41. The van der Waals surface area contributed by atoms with Crippen LogP contribution in [0.3, 0.4) is 0 Å². The van der Waals surface area contributed by atoms with Gasteiger partial charge in [0, 0.05) is 6.42 Å². The van der Waals surface area contributed by atoms with Gasteiger partial charge in [0.1, 0.15) is 11.4 Å². The number of carbonyl (C=O) groups is 1. The van der Waals surface area contributed by atoms with E-state index in [4.69, 9.17) is 4.74 Å². The van der Waals surface area contributed by atoms with Crippen molar-refractivity contribution in [2.24, 2.45) is 0 Å². The Morgan fingerprint density at radius 2 is 1.71 bits per heavy atom. The average molecular weight is 322 g/mol. The van der Waals surface area contributed by atoms with Crippen LogP contribution in [0.15, 0.2) is 66.4 Å². The third-order valence-corrected chi connectivity index (χ3v) is 4.50. The number of cyclic esters (lactones) is 1. The predicted octanol–water partition coefficient (Wildman–Crippen LogP) is 5.13. The number of unbranched alkanes of at least 4 members (excludes halogenated alkanes) is 1. The fourth-order valence-corrected chi connectivity index (χ4v) is 3.24. The highest BCUT2D eigenvalue weighted by Gasteiger charge is 2.39. The zero-order chi connectivity index (χ0) is 17.0. The van der Waals surface area contributed by atoms with Crippen LogP contribution in [-0.4, -0.2) is 11.1 Å². The van der Waals surface area contributed by atoms with Gasteiger partial charge in [-0.15, -0.1) is 0 Å². The van der Waals surface area contributed by atoms with Crippen LogP contribution in [-0.2, 0) is 15.1 Å². The molecule has 1 heterocycles. The Balaban J connectivity index is 1.94. The predicted molar refractivity (Wildman–Crippen MR) is 94.5 cm³/mol. The smallest absolute Gasteiger partial charge is 0.335 e. The van der Waals surface area contributed by atoms with E-state index in [1.165, 1.54) is 6.08 Å². The van der Waals surface area contributed by atoms with Crippen LogP contribution in [0.2, 0.25) is 0 Å². The molecule has 0 bridgehead atoms. The van der Waals surface area contributed by atoms with Gasteiger partial charge in [0.05, 0.1) is 6.08 Å². The third kappa shape index (κ3) is 3.35. The second-order valence-corrected chi connectivity index (χ2v) is 6.27. The van der Waals surface area contributed by atoms with Crippen LogP contribution in [0, 0.1) is 0 Å². The van der Waals surface area contributed by atoms with E-state index in [9.17, 15) is 9.90 Å². The number of aliphatic hydroxyl groups is 1. The molecule has 0 aliphatic carbocycles. The molecule has 1 aliphatic rings. The van der Waals surface area contributed by atoms with Crippen molar-refractivity contribution in [3.05, 3.63) is 72.0 Å². The summed E-state index contributed by atoms with van der Waals surface area (Å²) in [5.41, 5.74) is 2.44. The van der Waals surface area contributed by atoms with E-state index in [0.717, 1.165) is 29.5 Å². The highest BCUT2D eigenvalue weighted by molar-refractivity contribution is 5.84. The Morgan fingerprint density at radius 1 is 1.04 bits per heavy atom. The number of hydrogen-bond acceptors (Lipinski definition) is 3. The first kappa shape index (κ1) is 16.3. The maximum absolute atomic E-state index is 11.9. The molecule has 0 saturated carbocycles. The van der Waals surface area contributed by atoms with Crippen LogP contribution >= 0.6 is 0 Å². The van der Waals surface area contributed by atoms with Crippen molar-refractivity contribution in [3.63, 3.8) is 0 Å². The SMILES string of the molecule is CCCCC1(c2ccc(-c3ccccc3)cc2)CC(O)=CC(=O)O1. The lowest BCUT2D eigenvalue weighted by Crippen LogP contribution is -2.35. The Bertz CT molecular complexity index is 731. The summed E-state index contributed by atoms with van der Waals surface area (Å²) >= 11 is 0. The molecule has 1 atom stereocenters. The van der Waals surface area contributed by atoms with Crippen molar-refractivity contribution in [2.45, 2.75) is 38.2 Å². The summed E-state index contributed by atoms with van der Waals surface area (Å²) in [6.07, 6.45) is 4.15. The summed E-state index contributed by atoms with van der Waals surface area (Å²) in [5.74, 6) is -0.378. The molecular weight excluding hydrogens is 300 g/mol. The maximum Gasteiger partial charge on any atom is 0.335 e. The van der Waals surface area contributed by atoms with Gasteiger partial charge in [-0.2, -0.15) is 0 Å². The molecule has 2 aromatic carbocycles. The van der Waals surface area contributed by atoms with Gasteiger partial charge in [-0.25, -0.2) is 4.79 Å². The molecule has 0 aromatic heterocycles. The molecule has 0 fully saturated rings. The number of carbonyl (C=O) groups excluding carboxylic acids is 1. The molecule has 3 heteroatoms. The van der Waals surface area contributed by atoms with E-state index in [-0.39, 0.29) is 5.76 Å². The van der Waals surface area contributed by atoms with E-state index in [0.29, 0.717) is 12.8 Å². The largest absolute Gasteiger partial charge is 0.512 e. The lowest BCUT2D eigenvalue weighted by Gasteiger charge is -2.36. The fraction of sp³-hybridized carbons (Fsp3) is 0.286. The van der Waals surface area contributed by atoms with Gasteiger partial charge < -0.3 is 9.84 Å². The van der Waals surface area contributed by atoms with E-state index in [2.05, 4.69) is 19.1 Å². The van der Waals surface area contributed by atoms with Gasteiger partial charge in [0.2, 0.25) is 0 Å². The molecule has 1 N–H and O–H groups in total. The monoisotopic (exact) mass is 322 g/mol. The highest BCUT2D eigenvalue weighted by atomic mass is 16.6. The molecule has 0 saturated heterocycles. The van der Waals surface area contributed by atoms with E-state index < -0.39 is 11.6 Å². The zero-order valence-corrected chi connectivity index (χ0v) is 13.9. The zero-order valence-electron chi connectivity index (χ0n) is 13.9. The number of ether oxygens (including phenoxy) is 1. The maximum atomic E-state index is 11.9. The highest BCUT2D eigenvalue weighted by Crippen LogP contribution is 2.40. The summed E-state index contributed by atoms with van der Waals surface area (Å²) in [5, 5.41) is 9.97. The molecule has 24 heavy (non-hydrogen) atoms. The summed E-state index contributed by atoms with van der Waals surface area (Å²) in [6, 6.07) is 18.2. The van der Waals surface area contributed by atoms with Crippen molar-refractivity contribution >= 4 is 5.97 Å². The number of esters is 1. The van der Waals surface area contributed by atoms with Gasteiger partial charge in [-0.1, -0.05) is 67.9 Å². The van der Waals surface area contributed by atoms with Crippen LogP contribution in [0.5, 0.6) is 0 Å². The van der Waals surface area contributed by atoms with Gasteiger partial charge in [0.15, 0.2) is 0 Å². The van der Waals surface area contributed by atoms with Crippen LogP contribution < -0.4 is 0 Å². The van der Waals surface area contributed by atoms with Crippen LogP contribution in [0.1, 0.15) is 38.2 Å². The third-order valence-electron chi connectivity index (χ3n) is 4.50. The average Bonchev–Trinajstić information content (AvgIpc) is 2.60. The quantitative estimate of drug-likeness (QED) is 0.776. The van der Waals surface area contributed by atoms with Gasteiger partial charge in [0.25, 0.3) is 0 Å². The van der Waals surface area contributed by atoms with Crippen molar-refractivity contribution in [3.8, 4) is 11.1 Å². The number of hydrogen-bond donors (Lipinski definition) is 1. The van der Waals surface area contributed by atoms with Crippen LogP contribution in [0.4, 0.5) is 0 Å². The van der Waals surface area contributed by atoms with E-state index in [1.807, 2.05) is 42.5 Å². The molecule has 1 unspecified atom stereocenters. The van der Waals surface area contributed by atoms with Crippen molar-refractivity contribution in [1.29, 1.82) is 0 Å². The number of aliphatic hydroxyl groups excluding tert-OH is 1. The first-order valence-electron chi connectivity index (χ1n) is 8.41. The minimum Gasteiger partial charge on any atom is -0.512 e. The lowest BCUT2D eigenvalue weighted by molar-refractivity contribution is -0.159. The molecule has 0 radical (unpaired) electrons. The van der Waals surface area contributed by atoms with Crippen molar-refractivity contribution < 1.29 is 14.6 Å². The topological polar surface area (TPSA) is 46.5 Å². The second-order valence-electron chi connectivity index (χ2n) is 6.27. The molecule has 1 aliphatic heterocycles. The molecule has 0 spiro atoms. The fourth-order valence-electron chi connectivity index (χ4n) is 3.24. The number of rotatable bonds is 5. The molecule has 0 amide bonds. The molecule has 124 valence electrons. The molecular formula is C21H22O3. The molecule has 2 aromatic rings. The lowest BCUT2D eigenvalue weighted by atomic mass is 9.83. The molecule has 3 rings (SSSR count).